The van der Waals surface area contributed by atoms with Crippen molar-refractivity contribution in [2.24, 2.45) is 0 Å². The van der Waals surface area contributed by atoms with Gasteiger partial charge in [0.15, 0.2) is 0 Å². The van der Waals surface area contributed by atoms with E-state index in [0.717, 1.165) is 40.4 Å². The Balaban J connectivity index is 1.56. The third-order valence-corrected chi connectivity index (χ3v) is 5.55. The van der Waals surface area contributed by atoms with Crippen molar-refractivity contribution in [3.05, 3.63) is 89.6 Å². The number of fused-ring (bicyclic) bond motifs is 1. The van der Waals surface area contributed by atoms with Gasteiger partial charge in [-0.1, -0.05) is 42.5 Å². The molecule has 0 aliphatic carbocycles. The van der Waals surface area contributed by atoms with Crippen molar-refractivity contribution in [3.8, 4) is 17.0 Å². The number of imidazole rings is 1. The highest BCUT2D eigenvalue weighted by Crippen LogP contribution is 2.36. The maximum atomic E-state index is 13.7. The Bertz CT molecular complexity index is 1160. The van der Waals surface area contributed by atoms with Crippen molar-refractivity contribution >= 4 is 5.91 Å². The summed E-state index contributed by atoms with van der Waals surface area (Å²) in [5.41, 5.74) is 5.14. The van der Waals surface area contributed by atoms with Gasteiger partial charge in [0.2, 0.25) is 0 Å². The van der Waals surface area contributed by atoms with Gasteiger partial charge in [0.25, 0.3) is 5.91 Å². The molecule has 3 heterocycles. The number of hydrogen-bond acceptors (Lipinski definition) is 4. The molecule has 2 aromatic heterocycles. The number of amides is 1. The van der Waals surface area contributed by atoms with Crippen molar-refractivity contribution in [3.63, 3.8) is 0 Å². The first kappa shape index (κ1) is 18.2. The SMILES string of the molecule is COc1ccc(C2c3nc[nH]c3CCN2C(=O)c2cn[nH]c2-c2ccccc2)cc1. The van der Waals surface area contributed by atoms with Gasteiger partial charge in [-0.15, -0.1) is 0 Å². The Hall–Kier alpha value is -3.87. The van der Waals surface area contributed by atoms with Crippen LogP contribution in [-0.4, -0.2) is 44.6 Å². The van der Waals surface area contributed by atoms with Crippen molar-refractivity contribution in [2.75, 3.05) is 13.7 Å². The van der Waals surface area contributed by atoms with Crippen LogP contribution in [0.2, 0.25) is 0 Å². The van der Waals surface area contributed by atoms with Crippen LogP contribution in [0.5, 0.6) is 5.75 Å². The van der Waals surface area contributed by atoms with Crippen LogP contribution in [0.15, 0.2) is 67.1 Å². The van der Waals surface area contributed by atoms with Crippen LogP contribution in [0.25, 0.3) is 11.3 Å². The molecule has 1 aliphatic heterocycles. The van der Waals surface area contributed by atoms with E-state index in [-0.39, 0.29) is 11.9 Å². The molecular weight excluding hydrogens is 378 g/mol. The fourth-order valence-electron chi connectivity index (χ4n) is 4.05. The number of nitrogens with one attached hydrogen (secondary N) is 2. The van der Waals surface area contributed by atoms with E-state index in [9.17, 15) is 4.79 Å². The van der Waals surface area contributed by atoms with Gasteiger partial charge in [-0.05, 0) is 17.7 Å². The molecule has 2 N–H and O–H groups in total. The molecule has 0 bridgehead atoms. The summed E-state index contributed by atoms with van der Waals surface area (Å²) in [5, 5.41) is 7.15. The minimum absolute atomic E-state index is 0.0722. The first-order valence-electron chi connectivity index (χ1n) is 9.82. The molecule has 0 fully saturated rings. The molecule has 30 heavy (non-hydrogen) atoms. The van der Waals surface area contributed by atoms with Crippen LogP contribution in [0.1, 0.15) is 33.4 Å². The van der Waals surface area contributed by atoms with Gasteiger partial charge in [-0.3, -0.25) is 9.89 Å². The molecule has 1 amide bonds. The maximum absolute atomic E-state index is 13.7. The normalized spacial score (nSPS) is 15.6. The number of carbonyl (C=O) groups excluding carboxylic acids is 1. The molecule has 7 nitrogen and oxygen atoms in total. The van der Waals surface area contributed by atoms with E-state index in [2.05, 4.69) is 20.2 Å². The lowest BCUT2D eigenvalue weighted by atomic mass is 9.94. The third kappa shape index (κ3) is 3.04. The molecule has 5 rings (SSSR count). The summed E-state index contributed by atoms with van der Waals surface area (Å²) >= 11 is 0. The zero-order valence-corrected chi connectivity index (χ0v) is 16.5. The van der Waals surface area contributed by atoms with Crippen molar-refractivity contribution in [1.82, 2.24) is 25.1 Å². The number of carbonyl (C=O) groups is 1. The smallest absolute Gasteiger partial charge is 0.258 e. The van der Waals surface area contributed by atoms with Crippen LogP contribution in [0.4, 0.5) is 0 Å². The highest BCUT2D eigenvalue weighted by atomic mass is 16.5. The van der Waals surface area contributed by atoms with Gasteiger partial charge in [0.1, 0.15) is 11.8 Å². The highest BCUT2D eigenvalue weighted by Gasteiger charge is 2.35. The second-order valence-electron chi connectivity index (χ2n) is 7.22. The Morgan fingerprint density at radius 1 is 1.13 bits per heavy atom. The molecular formula is C23H21N5O2. The van der Waals surface area contributed by atoms with Crippen molar-refractivity contribution in [2.45, 2.75) is 12.5 Å². The molecule has 0 saturated heterocycles. The Morgan fingerprint density at radius 3 is 2.70 bits per heavy atom. The van der Waals surface area contributed by atoms with Gasteiger partial charge in [0, 0.05) is 24.2 Å². The molecule has 0 spiro atoms. The second-order valence-corrected chi connectivity index (χ2v) is 7.22. The lowest BCUT2D eigenvalue weighted by Gasteiger charge is -2.35. The van der Waals surface area contributed by atoms with E-state index in [1.165, 1.54) is 0 Å². The second kappa shape index (κ2) is 7.51. The molecule has 1 unspecified atom stereocenters. The van der Waals surface area contributed by atoms with Crippen molar-refractivity contribution in [1.29, 1.82) is 0 Å². The molecule has 0 saturated carbocycles. The van der Waals surface area contributed by atoms with Gasteiger partial charge in [0.05, 0.1) is 36.6 Å². The minimum atomic E-state index is -0.281. The molecule has 7 heteroatoms. The summed E-state index contributed by atoms with van der Waals surface area (Å²) in [4.78, 5) is 23.3. The number of rotatable bonds is 4. The minimum Gasteiger partial charge on any atom is -0.497 e. The van der Waals surface area contributed by atoms with Gasteiger partial charge < -0.3 is 14.6 Å². The molecule has 4 aromatic rings. The van der Waals surface area contributed by atoms with E-state index in [4.69, 9.17) is 4.74 Å². The van der Waals surface area contributed by atoms with Gasteiger partial charge in [-0.2, -0.15) is 5.10 Å². The van der Waals surface area contributed by atoms with E-state index < -0.39 is 0 Å². The average molecular weight is 399 g/mol. The quantitative estimate of drug-likeness (QED) is 0.549. The summed E-state index contributed by atoms with van der Waals surface area (Å²) in [6, 6.07) is 17.3. The Kier molecular flexibility index (Phi) is 4.55. The lowest BCUT2D eigenvalue weighted by molar-refractivity contribution is 0.0691. The van der Waals surface area contributed by atoms with Crippen LogP contribution in [-0.2, 0) is 6.42 Å². The zero-order chi connectivity index (χ0) is 20.5. The number of aromatic amines is 2. The Morgan fingerprint density at radius 2 is 1.93 bits per heavy atom. The monoisotopic (exact) mass is 399 g/mol. The highest BCUT2D eigenvalue weighted by molar-refractivity contribution is 6.00. The summed E-state index contributed by atoms with van der Waals surface area (Å²) in [6.07, 6.45) is 4.03. The number of hydrogen-bond donors (Lipinski definition) is 2. The first-order chi connectivity index (χ1) is 14.8. The van der Waals surface area contributed by atoms with Gasteiger partial charge >= 0.3 is 0 Å². The summed E-state index contributed by atoms with van der Waals surface area (Å²) < 4.78 is 5.29. The standard InChI is InChI=1S/C23H21N5O2/c1-30-17-9-7-16(8-10-17)22-21-19(24-14-25-21)11-12-28(22)23(29)18-13-26-27-20(18)15-5-3-2-4-6-15/h2-10,13-14,22H,11-12H2,1H3,(H,24,25)(H,26,27). The number of methoxy groups -OCH3 is 1. The lowest BCUT2D eigenvalue weighted by Crippen LogP contribution is -2.40. The van der Waals surface area contributed by atoms with Crippen LogP contribution < -0.4 is 4.74 Å². The topological polar surface area (TPSA) is 86.9 Å². The fourth-order valence-corrected chi connectivity index (χ4v) is 4.05. The predicted molar refractivity (Wildman–Crippen MR) is 112 cm³/mol. The number of aromatic nitrogens is 4. The predicted octanol–water partition coefficient (Wildman–Crippen LogP) is 3.60. The number of ether oxygens (including phenoxy) is 1. The Labute approximate surface area is 173 Å². The number of nitrogens with zero attached hydrogens (tertiary/aromatic N) is 3. The average Bonchev–Trinajstić information content (AvgIpc) is 3.48. The summed E-state index contributed by atoms with van der Waals surface area (Å²) in [7, 11) is 1.64. The van der Waals surface area contributed by atoms with Crippen LogP contribution >= 0.6 is 0 Å². The van der Waals surface area contributed by atoms with Crippen LogP contribution in [0.3, 0.4) is 0 Å². The largest absolute Gasteiger partial charge is 0.497 e. The van der Waals surface area contributed by atoms with E-state index in [0.29, 0.717) is 12.1 Å². The summed E-state index contributed by atoms with van der Waals surface area (Å²) in [6.45, 7) is 0.587. The summed E-state index contributed by atoms with van der Waals surface area (Å²) in [5.74, 6) is 0.702. The molecule has 150 valence electrons. The van der Waals surface area contributed by atoms with E-state index in [1.807, 2.05) is 59.5 Å². The first-order valence-corrected chi connectivity index (χ1v) is 9.82. The molecule has 0 radical (unpaired) electrons. The van der Waals surface area contributed by atoms with Gasteiger partial charge in [-0.25, -0.2) is 4.98 Å². The molecule has 2 aromatic carbocycles. The zero-order valence-electron chi connectivity index (χ0n) is 16.5. The van der Waals surface area contributed by atoms with E-state index >= 15 is 0 Å². The third-order valence-electron chi connectivity index (χ3n) is 5.55. The fraction of sp³-hybridized carbons (Fsp3) is 0.174. The molecule has 1 atom stereocenters. The number of benzene rings is 2. The van der Waals surface area contributed by atoms with Crippen molar-refractivity contribution < 1.29 is 9.53 Å². The number of H-pyrrole nitrogens is 2. The van der Waals surface area contributed by atoms with E-state index in [1.54, 1.807) is 19.6 Å². The van der Waals surface area contributed by atoms with Crippen LogP contribution in [0, 0.1) is 0 Å². The maximum Gasteiger partial charge on any atom is 0.258 e. The molecule has 1 aliphatic rings.